The van der Waals surface area contributed by atoms with Crippen LogP contribution in [0, 0.1) is 6.92 Å². The molecule has 0 spiro atoms. The lowest BCUT2D eigenvalue weighted by atomic mass is 9.98. The minimum Gasteiger partial charge on any atom is -0.508 e. The zero-order chi connectivity index (χ0) is 13.1. The number of piperidine rings is 1. The van der Waals surface area contributed by atoms with Crippen molar-refractivity contribution in [3.63, 3.8) is 0 Å². The van der Waals surface area contributed by atoms with Crippen LogP contribution in [-0.4, -0.2) is 35.7 Å². The van der Waals surface area contributed by atoms with E-state index in [1.54, 1.807) is 6.07 Å². The van der Waals surface area contributed by atoms with Gasteiger partial charge in [0, 0.05) is 24.2 Å². The Hall–Kier alpha value is -1.06. The molecule has 1 aliphatic heterocycles. The van der Waals surface area contributed by atoms with Crippen LogP contribution in [0.5, 0.6) is 5.75 Å². The van der Waals surface area contributed by atoms with Gasteiger partial charge in [0.25, 0.3) is 0 Å². The van der Waals surface area contributed by atoms with Crippen molar-refractivity contribution in [1.29, 1.82) is 0 Å². The molecule has 1 aliphatic rings. The highest BCUT2D eigenvalue weighted by atomic mass is 16.3. The average Bonchev–Trinajstić information content (AvgIpc) is 2.34. The maximum atomic E-state index is 9.81. The topological polar surface area (TPSA) is 35.5 Å². The van der Waals surface area contributed by atoms with Crippen LogP contribution >= 0.6 is 0 Å². The molecule has 1 aromatic carbocycles. The van der Waals surface area contributed by atoms with Crippen LogP contribution in [0.3, 0.4) is 0 Å². The maximum absolute atomic E-state index is 9.81. The van der Waals surface area contributed by atoms with Crippen molar-refractivity contribution in [2.45, 2.75) is 45.3 Å². The van der Waals surface area contributed by atoms with E-state index in [-0.39, 0.29) is 0 Å². The Morgan fingerprint density at radius 3 is 2.94 bits per heavy atom. The summed E-state index contributed by atoms with van der Waals surface area (Å²) in [6.07, 6.45) is 2.37. The summed E-state index contributed by atoms with van der Waals surface area (Å²) in [7, 11) is 2.19. The van der Waals surface area contributed by atoms with Gasteiger partial charge in [0.05, 0.1) is 0 Å². The molecule has 1 aromatic rings. The predicted molar refractivity (Wildman–Crippen MR) is 74.8 cm³/mol. The van der Waals surface area contributed by atoms with Crippen LogP contribution < -0.4 is 5.32 Å². The van der Waals surface area contributed by atoms with Gasteiger partial charge in [-0.3, -0.25) is 0 Å². The molecule has 0 aliphatic carbocycles. The highest BCUT2D eigenvalue weighted by Crippen LogP contribution is 2.20. The van der Waals surface area contributed by atoms with Gasteiger partial charge in [0.15, 0.2) is 0 Å². The van der Waals surface area contributed by atoms with Gasteiger partial charge in [-0.05, 0) is 46.3 Å². The van der Waals surface area contributed by atoms with E-state index in [1.165, 1.54) is 18.4 Å². The summed E-state index contributed by atoms with van der Waals surface area (Å²) >= 11 is 0. The molecule has 0 amide bonds. The molecule has 1 heterocycles. The van der Waals surface area contributed by atoms with Crippen molar-refractivity contribution >= 4 is 0 Å². The average molecular weight is 248 g/mol. The second-order valence-corrected chi connectivity index (χ2v) is 5.56. The van der Waals surface area contributed by atoms with Gasteiger partial charge in [-0.1, -0.05) is 17.7 Å². The monoisotopic (exact) mass is 248 g/mol. The second kappa shape index (κ2) is 5.72. The Bertz CT molecular complexity index is 405. The summed E-state index contributed by atoms with van der Waals surface area (Å²) in [6.45, 7) is 6.24. The normalized spacial score (nSPS) is 25.3. The minimum atomic E-state index is 0.397. The Morgan fingerprint density at radius 1 is 1.44 bits per heavy atom. The molecule has 100 valence electrons. The lowest BCUT2D eigenvalue weighted by molar-refractivity contribution is 0.168. The lowest BCUT2D eigenvalue weighted by Gasteiger charge is -2.35. The van der Waals surface area contributed by atoms with E-state index in [2.05, 4.69) is 37.2 Å². The van der Waals surface area contributed by atoms with Crippen molar-refractivity contribution in [2.75, 3.05) is 13.6 Å². The number of aromatic hydroxyl groups is 1. The van der Waals surface area contributed by atoms with Crippen molar-refractivity contribution in [2.24, 2.45) is 0 Å². The van der Waals surface area contributed by atoms with Crippen molar-refractivity contribution in [3.8, 4) is 5.75 Å². The number of aryl methyl sites for hydroxylation is 1. The van der Waals surface area contributed by atoms with Crippen LogP contribution in [0.4, 0.5) is 0 Å². The zero-order valence-electron chi connectivity index (χ0n) is 11.6. The van der Waals surface area contributed by atoms with Gasteiger partial charge in [-0.25, -0.2) is 0 Å². The Morgan fingerprint density at radius 2 is 2.22 bits per heavy atom. The molecule has 2 rings (SSSR count). The molecule has 3 heteroatoms. The summed E-state index contributed by atoms with van der Waals surface area (Å²) in [4.78, 5) is 2.41. The standard InChI is InChI=1S/C15H24N2O/c1-11-4-5-15(18)13(8-11)10-16-14-6-7-17(3)12(2)9-14/h4-5,8,12,14,16,18H,6-7,9-10H2,1-3H3. The Labute approximate surface area is 110 Å². The predicted octanol–water partition coefficient (Wildman–Crippen LogP) is 2.27. The highest BCUT2D eigenvalue weighted by Gasteiger charge is 2.22. The molecular formula is C15H24N2O. The van der Waals surface area contributed by atoms with E-state index in [0.29, 0.717) is 17.8 Å². The minimum absolute atomic E-state index is 0.397. The summed E-state index contributed by atoms with van der Waals surface area (Å²) < 4.78 is 0. The molecule has 2 N–H and O–H groups in total. The van der Waals surface area contributed by atoms with Crippen LogP contribution in [-0.2, 0) is 6.54 Å². The quantitative estimate of drug-likeness (QED) is 0.861. The van der Waals surface area contributed by atoms with Crippen LogP contribution in [0.2, 0.25) is 0 Å². The van der Waals surface area contributed by atoms with Crippen molar-refractivity contribution in [3.05, 3.63) is 29.3 Å². The lowest BCUT2D eigenvalue weighted by Crippen LogP contribution is -2.45. The molecule has 0 aromatic heterocycles. The summed E-state index contributed by atoms with van der Waals surface area (Å²) in [5.74, 6) is 0.397. The number of phenolic OH excluding ortho intramolecular Hbond substituents is 1. The van der Waals surface area contributed by atoms with Gasteiger partial charge in [0.2, 0.25) is 0 Å². The van der Waals surface area contributed by atoms with Gasteiger partial charge in [0.1, 0.15) is 5.75 Å². The van der Waals surface area contributed by atoms with E-state index in [4.69, 9.17) is 0 Å². The number of rotatable bonds is 3. The number of phenols is 1. The fourth-order valence-corrected chi connectivity index (χ4v) is 2.58. The zero-order valence-corrected chi connectivity index (χ0v) is 11.6. The first kappa shape index (κ1) is 13.4. The van der Waals surface area contributed by atoms with E-state index in [0.717, 1.165) is 18.7 Å². The number of benzene rings is 1. The first-order valence-corrected chi connectivity index (χ1v) is 6.78. The van der Waals surface area contributed by atoms with Gasteiger partial charge >= 0.3 is 0 Å². The van der Waals surface area contributed by atoms with Crippen LogP contribution in [0.1, 0.15) is 30.9 Å². The van der Waals surface area contributed by atoms with Crippen LogP contribution in [0.15, 0.2) is 18.2 Å². The molecule has 18 heavy (non-hydrogen) atoms. The van der Waals surface area contributed by atoms with Crippen LogP contribution in [0.25, 0.3) is 0 Å². The Kier molecular flexibility index (Phi) is 4.25. The number of nitrogens with one attached hydrogen (secondary N) is 1. The van der Waals surface area contributed by atoms with Crippen molar-refractivity contribution < 1.29 is 5.11 Å². The van der Waals surface area contributed by atoms with Gasteiger partial charge in [-0.15, -0.1) is 0 Å². The second-order valence-electron chi connectivity index (χ2n) is 5.56. The molecule has 1 fully saturated rings. The van der Waals surface area contributed by atoms with Crippen molar-refractivity contribution in [1.82, 2.24) is 10.2 Å². The molecule has 3 nitrogen and oxygen atoms in total. The molecule has 0 saturated carbocycles. The highest BCUT2D eigenvalue weighted by molar-refractivity contribution is 5.35. The summed E-state index contributed by atoms with van der Waals surface area (Å²) in [5.41, 5.74) is 2.20. The Balaban J connectivity index is 1.90. The fourth-order valence-electron chi connectivity index (χ4n) is 2.58. The third-order valence-corrected chi connectivity index (χ3v) is 4.02. The summed E-state index contributed by atoms with van der Waals surface area (Å²) in [5, 5.41) is 13.4. The third-order valence-electron chi connectivity index (χ3n) is 4.02. The first-order valence-electron chi connectivity index (χ1n) is 6.78. The molecule has 2 unspecified atom stereocenters. The van der Waals surface area contributed by atoms with Gasteiger partial charge in [-0.2, -0.15) is 0 Å². The number of hydrogen-bond acceptors (Lipinski definition) is 3. The fraction of sp³-hybridized carbons (Fsp3) is 0.600. The SMILES string of the molecule is Cc1ccc(O)c(CNC2CCN(C)C(C)C2)c1. The number of nitrogens with zero attached hydrogens (tertiary/aromatic N) is 1. The summed E-state index contributed by atoms with van der Waals surface area (Å²) in [6, 6.07) is 6.99. The molecule has 0 radical (unpaired) electrons. The molecular weight excluding hydrogens is 224 g/mol. The van der Waals surface area contributed by atoms with E-state index in [9.17, 15) is 5.11 Å². The number of hydrogen-bond donors (Lipinski definition) is 2. The molecule has 2 atom stereocenters. The van der Waals surface area contributed by atoms with E-state index in [1.807, 2.05) is 6.07 Å². The van der Waals surface area contributed by atoms with E-state index < -0.39 is 0 Å². The molecule has 1 saturated heterocycles. The van der Waals surface area contributed by atoms with Gasteiger partial charge < -0.3 is 15.3 Å². The smallest absolute Gasteiger partial charge is 0.120 e. The third kappa shape index (κ3) is 3.24. The molecule has 0 bridgehead atoms. The first-order chi connectivity index (χ1) is 8.56. The largest absolute Gasteiger partial charge is 0.508 e. The van der Waals surface area contributed by atoms with E-state index >= 15 is 0 Å². The number of likely N-dealkylation sites (tertiary alicyclic amines) is 1. The maximum Gasteiger partial charge on any atom is 0.120 e.